The number of allylic oxidation sites excluding steroid dienone is 2. The van der Waals surface area contributed by atoms with Crippen molar-refractivity contribution in [2.24, 2.45) is 7.05 Å². The summed E-state index contributed by atoms with van der Waals surface area (Å²) in [5.74, 6) is 0. The Morgan fingerprint density at radius 3 is 2.17 bits per heavy atom. The molecule has 0 spiro atoms. The molecular formula is C17H23N. The minimum absolute atomic E-state index is 1.27. The predicted octanol–water partition coefficient (Wildman–Crippen LogP) is 5.27. The first-order valence-electron chi connectivity index (χ1n) is 6.62. The highest BCUT2D eigenvalue weighted by atomic mass is 14.9. The SMILES string of the molecule is C/C=C\c1c(/C=C\C)n(C)c2ccccc12.CC. The Labute approximate surface area is 110 Å². The van der Waals surface area contributed by atoms with Gasteiger partial charge in [0.2, 0.25) is 0 Å². The molecule has 1 nitrogen and oxygen atoms in total. The number of para-hydroxylation sites is 1. The van der Waals surface area contributed by atoms with Crippen molar-refractivity contribution in [2.45, 2.75) is 27.7 Å². The van der Waals surface area contributed by atoms with Gasteiger partial charge in [-0.05, 0) is 26.0 Å². The number of nitrogens with zero attached hydrogens (tertiary/aromatic N) is 1. The first-order valence-corrected chi connectivity index (χ1v) is 6.62. The van der Waals surface area contributed by atoms with Gasteiger partial charge in [0.1, 0.15) is 0 Å². The molecule has 0 aliphatic rings. The molecule has 0 N–H and O–H groups in total. The van der Waals surface area contributed by atoms with Crippen molar-refractivity contribution in [1.82, 2.24) is 4.57 Å². The number of fused-ring (bicyclic) bond motifs is 1. The molecule has 1 heterocycles. The standard InChI is InChI=1S/C15H17N.C2H6/c1-4-8-12-13-10-6-7-11-15(13)16(3)14(12)9-5-2;1-2/h4-11H,1-3H3;1-2H3/b8-4-,9-5-;. The molecule has 0 saturated carbocycles. The maximum Gasteiger partial charge on any atom is 0.0488 e. The van der Waals surface area contributed by atoms with E-state index in [1.54, 1.807) is 0 Å². The lowest BCUT2D eigenvalue weighted by Crippen LogP contribution is -1.90. The maximum atomic E-state index is 2.24. The highest BCUT2D eigenvalue weighted by molar-refractivity contribution is 5.93. The van der Waals surface area contributed by atoms with Crippen LogP contribution in [-0.4, -0.2) is 4.57 Å². The summed E-state index contributed by atoms with van der Waals surface area (Å²) in [4.78, 5) is 0. The zero-order valence-corrected chi connectivity index (χ0v) is 12.1. The molecule has 2 rings (SSSR count). The van der Waals surface area contributed by atoms with Crippen LogP contribution < -0.4 is 0 Å². The zero-order valence-electron chi connectivity index (χ0n) is 12.1. The van der Waals surface area contributed by atoms with Crippen LogP contribution in [0.25, 0.3) is 23.1 Å². The lowest BCUT2D eigenvalue weighted by atomic mass is 10.1. The van der Waals surface area contributed by atoms with Crippen LogP contribution in [0.4, 0.5) is 0 Å². The summed E-state index contributed by atoms with van der Waals surface area (Å²) in [6.45, 7) is 8.11. The molecule has 1 aromatic carbocycles. The van der Waals surface area contributed by atoms with Crippen molar-refractivity contribution < 1.29 is 0 Å². The summed E-state index contributed by atoms with van der Waals surface area (Å²) < 4.78 is 2.24. The van der Waals surface area contributed by atoms with Crippen molar-refractivity contribution in [2.75, 3.05) is 0 Å². The van der Waals surface area contributed by atoms with E-state index in [0.29, 0.717) is 0 Å². The molecule has 0 bridgehead atoms. The van der Waals surface area contributed by atoms with Crippen LogP contribution in [-0.2, 0) is 7.05 Å². The van der Waals surface area contributed by atoms with E-state index in [1.165, 1.54) is 22.2 Å². The highest BCUT2D eigenvalue weighted by Crippen LogP contribution is 2.27. The van der Waals surface area contributed by atoms with Crippen LogP contribution in [0.5, 0.6) is 0 Å². The third kappa shape index (κ3) is 2.56. The van der Waals surface area contributed by atoms with E-state index in [-0.39, 0.29) is 0 Å². The van der Waals surface area contributed by atoms with Crippen LogP contribution in [0.2, 0.25) is 0 Å². The monoisotopic (exact) mass is 241 g/mol. The second-order valence-corrected chi connectivity index (χ2v) is 3.88. The Morgan fingerprint density at radius 2 is 1.56 bits per heavy atom. The number of aromatic nitrogens is 1. The molecule has 2 aromatic rings. The Bertz CT molecular complexity index is 556. The largest absolute Gasteiger partial charge is 0.344 e. The fraction of sp³-hybridized carbons (Fsp3) is 0.294. The van der Waals surface area contributed by atoms with Gasteiger partial charge in [-0.2, -0.15) is 0 Å². The molecule has 0 amide bonds. The molecule has 0 aliphatic heterocycles. The van der Waals surface area contributed by atoms with Crippen LogP contribution in [0, 0.1) is 0 Å². The van der Waals surface area contributed by atoms with Gasteiger partial charge < -0.3 is 4.57 Å². The molecule has 96 valence electrons. The summed E-state index contributed by atoms with van der Waals surface area (Å²) in [7, 11) is 2.12. The third-order valence-electron chi connectivity index (χ3n) is 2.85. The van der Waals surface area contributed by atoms with E-state index >= 15 is 0 Å². The first-order chi connectivity index (χ1) is 8.79. The molecule has 0 fully saturated rings. The fourth-order valence-corrected chi connectivity index (χ4v) is 2.14. The number of hydrogen-bond acceptors (Lipinski definition) is 0. The van der Waals surface area contributed by atoms with E-state index in [1.807, 2.05) is 13.8 Å². The Kier molecular flexibility index (Phi) is 5.44. The van der Waals surface area contributed by atoms with Crippen molar-refractivity contribution >= 4 is 23.1 Å². The van der Waals surface area contributed by atoms with Gasteiger partial charge in [0.15, 0.2) is 0 Å². The Hall–Kier alpha value is -1.76. The first kappa shape index (κ1) is 14.3. The molecule has 1 aromatic heterocycles. The average molecular weight is 241 g/mol. The summed E-state index contributed by atoms with van der Waals surface area (Å²) in [5.41, 5.74) is 3.85. The third-order valence-corrected chi connectivity index (χ3v) is 2.85. The molecule has 0 saturated heterocycles. The molecule has 0 radical (unpaired) electrons. The van der Waals surface area contributed by atoms with Crippen LogP contribution in [0.15, 0.2) is 36.4 Å². The topological polar surface area (TPSA) is 4.93 Å². The van der Waals surface area contributed by atoms with Crippen molar-refractivity contribution in [1.29, 1.82) is 0 Å². The van der Waals surface area contributed by atoms with Gasteiger partial charge in [-0.3, -0.25) is 0 Å². The van der Waals surface area contributed by atoms with Gasteiger partial charge in [-0.1, -0.05) is 50.3 Å². The quantitative estimate of drug-likeness (QED) is 0.675. The summed E-state index contributed by atoms with van der Waals surface area (Å²) in [6, 6.07) is 8.52. The van der Waals surface area contributed by atoms with Gasteiger partial charge in [0, 0.05) is 29.2 Å². The van der Waals surface area contributed by atoms with Crippen molar-refractivity contribution in [3.8, 4) is 0 Å². The molecule has 1 heteroatoms. The van der Waals surface area contributed by atoms with Gasteiger partial charge in [-0.15, -0.1) is 0 Å². The second-order valence-electron chi connectivity index (χ2n) is 3.88. The number of rotatable bonds is 2. The number of hydrogen-bond donors (Lipinski definition) is 0. The van der Waals surface area contributed by atoms with E-state index in [9.17, 15) is 0 Å². The fourth-order valence-electron chi connectivity index (χ4n) is 2.14. The van der Waals surface area contributed by atoms with E-state index in [2.05, 4.69) is 74.0 Å². The summed E-state index contributed by atoms with van der Waals surface area (Å²) in [6.07, 6.45) is 8.52. The van der Waals surface area contributed by atoms with Gasteiger partial charge in [0.25, 0.3) is 0 Å². The van der Waals surface area contributed by atoms with E-state index in [0.717, 1.165) is 0 Å². The van der Waals surface area contributed by atoms with E-state index < -0.39 is 0 Å². The Morgan fingerprint density at radius 1 is 0.944 bits per heavy atom. The lowest BCUT2D eigenvalue weighted by molar-refractivity contribution is 0.953. The number of benzene rings is 1. The predicted molar refractivity (Wildman–Crippen MR) is 83.7 cm³/mol. The summed E-state index contributed by atoms with van der Waals surface area (Å²) in [5, 5.41) is 1.32. The van der Waals surface area contributed by atoms with Crippen molar-refractivity contribution in [3.63, 3.8) is 0 Å². The van der Waals surface area contributed by atoms with Crippen LogP contribution >= 0.6 is 0 Å². The van der Waals surface area contributed by atoms with Gasteiger partial charge in [0.05, 0.1) is 0 Å². The maximum absolute atomic E-state index is 2.24. The molecule has 18 heavy (non-hydrogen) atoms. The Balaban J connectivity index is 0.000000771. The van der Waals surface area contributed by atoms with Crippen LogP contribution in [0.1, 0.15) is 39.0 Å². The summed E-state index contributed by atoms with van der Waals surface area (Å²) >= 11 is 0. The second kappa shape index (κ2) is 6.85. The zero-order chi connectivity index (χ0) is 13.5. The molecule has 0 atom stereocenters. The van der Waals surface area contributed by atoms with Crippen LogP contribution in [0.3, 0.4) is 0 Å². The number of aryl methyl sites for hydroxylation is 1. The molecule has 0 aliphatic carbocycles. The molecular weight excluding hydrogens is 218 g/mol. The van der Waals surface area contributed by atoms with Gasteiger partial charge >= 0.3 is 0 Å². The smallest absolute Gasteiger partial charge is 0.0488 e. The minimum Gasteiger partial charge on any atom is -0.344 e. The normalized spacial score (nSPS) is 11.2. The highest BCUT2D eigenvalue weighted by Gasteiger charge is 2.09. The lowest BCUT2D eigenvalue weighted by Gasteiger charge is -1.99. The van der Waals surface area contributed by atoms with E-state index in [4.69, 9.17) is 0 Å². The van der Waals surface area contributed by atoms with Gasteiger partial charge in [-0.25, -0.2) is 0 Å². The minimum atomic E-state index is 1.27. The van der Waals surface area contributed by atoms with Crippen molar-refractivity contribution in [3.05, 3.63) is 47.7 Å². The molecule has 0 unspecified atom stereocenters. The average Bonchev–Trinajstić information content (AvgIpc) is 2.68.